The van der Waals surface area contributed by atoms with Crippen LogP contribution in [0.4, 0.5) is 4.39 Å². The van der Waals surface area contributed by atoms with Gasteiger partial charge in [0.05, 0.1) is 0 Å². The molecular weight excluding hydrogens is 272 g/mol. The van der Waals surface area contributed by atoms with Crippen LogP contribution in [0.1, 0.15) is 31.2 Å². The van der Waals surface area contributed by atoms with Crippen molar-refractivity contribution < 1.29 is 4.39 Å². The molecule has 1 nitrogen and oxygen atoms in total. The lowest BCUT2D eigenvalue weighted by Crippen LogP contribution is -2.39. The highest BCUT2D eigenvalue weighted by molar-refractivity contribution is 6.30. The molecule has 0 amide bonds. The summed E-state index contributed by atoms with van der Waals surface area (Å²) in [5, 5.41) is 0.451. The number of likely N-dealkylation sites (tertiary alicyclic amines) is 1. The third kappa shape index (κ3) is 3.59. The van der Waals surface area contributed by atoms with E-state index in [4.69, 9.17) is 23.2 Å². The monoisotopic (exact) mass is 289 g/mol. The van der Waals surface area contributed by atoms with Gasteiger partial charge >= 0.3 is 0 Å². The molecule has 1 fully saturated rings. The van der Waals surface area contributed by atoms with E-state index in [1.165, 1.54) is 25.3 Å². The molecule has 1 aromatic rings. The lowest BCUT2D eigenvalue weighted by molar-refractivity contribution is 0.135. The maximum atomic E-state index is 13.8. The summed E-state index contributed by atoms with van der Waals surface area (Å²) >= 11 is 11.6. The molecular formula is C14H18Cl2FN. The van der Waals surface area contributed by atoms with Crippen molar-refractivity contribution in [1.29, 1.82) is 0 Å². The standard InChI is InChI=1S/C14H18Cl2FN/c15-7-6-13-3-1-2-8-18(13)10-11-4-5-12(16)9-14(11)17/h4-5,9,13H,1-3,6-8,10H2. The fraction of sp³-hybridized carbons (Fsp3) is 0.571. The van der Waals surface area contributed by atoms with Gasteiger partial charge in [0.25, 0.3) is 0 Å². The minimum absolute atomic E-state index is 0.210. The van der Waals surface area contributed by atoms with Gasteiger partial charge in [-0.2, -0.15) is 0 Å². The maximum Gasteiger partial charge on any atom is 0.129 e. The number of hydrogen-bond donors (Lipinski definition) is 0. The van der Waals surface area contributed by atoms with E-state index in [0.717, 1.165) is 18.5 Å². The Kier molecular flexibility index (Phi) is 5.28. The third-order valence-electron chi connectivity index (χ3n) is 3.58. The molecule has 0 saturated carbocycles. The van der Waals surface area contributed by atoms with E-state index in [2.05, 4.69) is 4.90 Å². The first-order valence-electron chi connectivity index (χ1n) is 6.44. The molecule has 4 heteroatoms. The van der Waals surface area contributed by atoms with Gasteiger partial charge in [-0.1, -0.05) is 24.1 Å². The number of alkyl halides is 1. The highest BCUT2D eigenvalue weighted by Gasteiger charge is 2.22. The van der Waals surface area contributed by atoms with Gasteiger partial charge in [-0.05, 0) is 37.9 Å². The van der Waals surface area contributed by atoms with Crippen molar-refractivity contribution in [2.75, 3.05) is 12.4 Å². The molecule has 1 aromatic carbocycles. The molecule has 100 valence electrons. The number of benzene rings is 1. The summed E-state index contributed by atoms with van der Waals surface area (Å²) < 4.78 is 13.8. The number of hydrogen-bond acceptors (Lipinski definition) is 1. The van der Waals surface area contributed by atoms with Crippen LogP contribution < -0.4 is 0 Å². The van der Waals surface area contributed by atoms with Gasteiger partial charge in [0.15, 0.2) is 0 Å². The van der Waals surface area contributed by atoms with Gasteiger partial charge < -0.3 is 0 Å². The Labute approximate surface area is 118 Å². The van der Waals surface area contributed by atoms with E-state index in [9.17, 15) is 4.39 Å². The average molecular weight is 290 g/mol. The lowest BCUT2D eigenvalue weighted by atomic mass is 9.99. The number of nitrogens with zero attached hydrogens (tertiary/aromatic N) is 1. The van der Waals surface area contributed by atoms with Crippen LogP contribution in [0.2, 0.25) is 5.02 Å². The molecule has 1 atom stereocenters. The van der Waals surface area contributed by atoms with Crippen LogP contribution in [-0.2, 0) is 6.54 Å². The minimum Gasteiger partial charge on any atom is -0.296 e. The Hall–Kier alpha value is -0.310. The van der Waals surface area contributed by atoms with Crippen molar-refractivity contribution in [1.82, 2.24) is 4.90 Å². The molecule has 0 spiro atoms. The van der Waals surface area contributed by atoms with Crippen molar-refractivity contribution in [3.8, 4) is 0 Å². The van der Waals surface area contributed by atoms with Crippen LogP contribution in [-0.4, -0.2) is 23.4 Å². The van der Waals surface area contributed by atoms with Crippen molar-refractivity contribution >= 4 is 23.2 Å². The molecule has 2 rings (SSSR count). The first kappa shape index (κ1) is 14.1. The summed E-state index contributed by atoms with van der Waals surface area (Å²) in [5.74, 6) is 0.460. The van der Waals surface area contributed by atoms with Crippen LogP contribution in [0, 0.1) is 5.82 Å². The highest BCUT2D eigenvalue weighted by atomic mass is 35.5. The second-order valence-corrected chi connectivity index (χ2v) is 5.65. The fourth-order valence-corrected chi connectivity index (χ4v) is 3.00. The Bertz CT molecular complexity index is 395. The van der Waals surface area contributed by atoms with E-state index in [-0.39, 0.29) is 5.82 Å². The largest absolute Gasteiger partial charge is 0.296 e. The van der Waals surface area contributed by atoms with Crippen LogP contribution in [0.3, 0.4) is 0 Å². The van der Waals surface area contributed by atoms with Crippen LogP contribution >= 0.6 is 23.2 Å². The quantitative estimate of drug-likeness (QED) is 0.740. The summed E-state index contributed by atoms with van der Waals surface area (Å²) in [4.78, 5) is 2.35. The second-order valence-electron chi connectivity index (χ2n) is 4.83. The van der Waals surface area contributed by atoms with Gasteiger partial charge in [0.2, 0.25) is 0 Å². The first-order valence-corrected chi connectivity index (χ1v) is 7.36. The SMILES string of the molecule is Fc1cc(Cl)ccc1CN1CCCCC1CCCl. The molecule has 0 N–H and O–H groups in total. The molecule has 18 heavy (non-hydrogen) atoms. The fourth-order valence-electron chi connectivity index (χ4n) is 2.59. The normalized spacial score (nSPS) is 21.2. The summed E-state index contributed by atoms with van der Waals surface area (Å²) in [6.45, 7) is 1.69. The predicted molar refractivity (Wildman–Crippen MR) is 74.8 cm³/mol. The Morgan fingerprint density at radius 3 is 2.89 bits per heavy atom. The van der Waals surface area contributed by atoms with Crippen LogP contribution in [0.5, 0.6) is 0 Å². The van der Waals surface area contributed by atoms with Crippen molar-refractivity contribution in [3.05, 3.63) is 34.6 Å². The summed E-state index contributed by atoms with van der Waals surface area (Å²) in [6.07, 6.45) is 4.59. The van der Waals surface area contributed by atoms with E-state index >= 15 is 0 Å². The Morgan fingerprint density at radius 2 is 2.17 bits per heavy atom. The molecule has 0 bridgehead atoms. The molecule has 1 saturated heterocycles. The van der Waals surface area contributed by atoms with Gasteiger partial charge in [-0.15, -0.1) is 11.6 Å². The van der Waals surface area contributed by atoms with Crippen LogP contribution in [0.15, 0.2) is 18.2 Å². The second kappa shape index (κ2) is 6.74. The number of piperidine rings is 1. The summed E-state index contributed by atoms with van der Waals surface area (Å²) in [7, 11) is 0. The molecule has 0 radical (unpaired) electrons. The molecule has 1 aliphatic heterocycles. The minimum atomic E-state index is -0.210. The number of halogens is 3. The summed E-state index contributed by atoms with van der Waals surface area (Å²) in [6, 6.07) is 5.41. The first-order chi connectivity index (χ1) is 8.70. The highest BCUT2D eigenvalue weighted by Crippen LogP contribution is 2.24. The zero-order valence-electron chi connectivity index (χ0n) is 10.3. The van der Waals surface area contributed by atoms with Crippen molar-refractivity contribution in [3.63, 3.8) is 0 Å². The average Bonchev–Trinajstić information content (AvgIpc) is 2.35. The van der Waals surface area contributed by atoms with E-state index in [1.54, 1.807) is 12.1 Å². The third-order valence-corrected chi connectivity index (χ3v) is 4.03. The predicted octanol–water partition coefficient (Wildman–Crippen LogP) is 4.46. The zero-order chi connectivity index (χ0) is 13.0. The van der Waals surface area contributed by atoms with Crippen LogP contribution in [0.25, 0.3) is 0 Å². The van der Waals surface area contributed by atoms with Gasteiger partial charge in [-0.3, -0.25) is 4.90 Å². The van der Waals surface area contributed by atoms with Gasteiger partial charge in [-0.25, -0.2) is 4.39 Å². The van der Waals surface area contributed by atoms with E-state index in [0.29, 0.717) is 23.5 Å². The number of rotatable bonds is 4. The molecule has 1 unspecified atom stereocenters. The Balaban J connectivity index is 2.06. The maximum absolute atomic E-state index is 13.8. The molecule has 0 aromatic heterocycles. The topological polar surface area (TPSA) is 3.24 Å². The zero-order valence-corrected chi connectivity index (χ0v) is 11.9. The molecule has 1 aliphatic rings. The van der Waals surface area contributed by atoms with Gasteiger partial charge in [0.1, 0.15) is 5.82 Å². The van der Waals surface area contributed by atoms with Crippen molar-refractivity contribution in [2.45, 2.75) is 38.3 Å². The lowest BCUT2D eigenvalue weighted by Gasteiger charge is -2.35. The summed E-state index contributed by atoms with van der Waals surface area (Å²) in [5.41, 5.74) is 0.723. The molecule has 0 aliphatic carbocycles. The molecule has 1 heterocycles. The van der Waals surface area contributed by atoms with E-state index < -0.39 is 0 Å². The van der Waals surface area contributed by atoms with Crippen molar-refractivity contribution in [2.24, 2.45) is 0 Å². The van der Waals surface area contributed by atoms with Gasteiger partial charge in [0, 0.05) is 29.1 Å². The smallest absolute Gasteiger partial charge is 0.129 e. The van der Waals surface area contributed by atoms with E-state index in [1.807, 2.05) is 0 Å². The Morgan fingerprint density at radius 1 is 1.33 bits per heavy atom.